The molecule has 0 fully saturated rings. The third kappa shape index (κ3) is 2.36. The zero-order valence-corrected chi connectivity index (χ0v) is 9.86. The molecule has 2 heterocycles. The molecule has 88 valence electrons. The third-order valence-electron chi connectivity index (χ3n) is 2.42. The summed E-state index contributed by atoms with van der Waals surface area (Å²) in [7, 11) is 0. The highest BCUT2D eigenvalue weighted by atomic mass is 16.5. The number of hydrogen-bond donors (Lipinski definition) is 1. The number of hydrogen-bond acceptors (Lipinski definition) is 3. The maximum absolute atomic E-state index is 11.8. The summed E-state index contributed by atoms with van der Waals surface area (Å²) in [6, 6.07) is 5.66. The van der Waals surface area contributed by atoms with Crippen LogP contribution in [0.15, 0.2) is 30.6 Å². The van der Waals surface area contributed by atoms with E-state index in [0.717, 1.165) is 16.8 Å². The SMILES string of the molecule is CCOC(=O)c1[nH]c(C)cc1-c1ccncc1. The summed E-state index contributed by atoms with van der Waals surface area (Å²) < 4.78 is 5.02. The van der Waals surface area contributed by atoms with Gasteiger partial charge in [-0.15, -0.1) is 0 Å². The molecule has 0 atom stereocenters. The van der Waals surface area contributed by atoms with E-state index in [9.17, 15) is 4.79 Å². The van der Waals surface area contributed by atoms with E-state index in [2.05, 4.69) is 9.97 Å². The second-order valence-corrected chi connectivity index (χ2v) is 3.70. The molecule has 4 nitrogen and oxygen atoms in total. The molecule has 0 bridgehead atoms. The van der Waals surface area contributed by atoms with E-state index in [0.29, 0.717) is 12.3 Å². The van der Waals surface area contributed by atoms with Crippen LogP contribution in [0.3, 0.4) is 0 Å². The van der Waals surface area contributed by atoms with Gasteiger partial charge in [-0.1, -0.05) is 0 Å². The first-order chi connectivity index (χ1) is 8.22. The number of rotatable bonds is 3. The zero-order valence-electron chi connectivity index (χ0n) is 9.86. The lowest BCUT2D eigenvalue weighted by molar-refractivity contribution is 0.0521. The van der Waals surface area contributed by atoms with Gasteiger partial charge in [-0.2, -0.15) is 0 Å². The Labute approximate surface area is 99.7 Å². The van der Waals surface area contributed by atoms with E-state index in [-0.39, 0.29) is 5.97 Å². The molecule has 0 saturated carbocycles. The van der Waals surface area contributed by atoms with E-state index >= 15 is 0 Å². The summed E-state index contributed by atoms with van der Waals surface area (Å²) in [4.78, 5) is 18.8. The average molecular weight is 230 g/mol. The second kappa shape index (κ2) is 4.82. The zero-order chi connectivity index (χ0) is 12.3. The molecule has 0 saturated heterocycles. The fourth-order valence-corrected chi connectivity index (χ4v) is 1.71. The summed E-state index contributed by atoms with van der Waals surface area (Å²) in [6.07, 6.45) is 3.40. The molecule has 0 unspecified atom stereocenters. The van der Waals surface area contributed by atoms with Gasteiger partial charge >= 0.3 is 5.97 Å². The van der Waals surface area contributed by atoms with Crippen molar-refractivity contribution in [3.05, 3.63) is 42.0 Å². The van der Waals surface area contributed by atoms with Gasteiger partial charge in [0.15, 0.2) is 0 Å². The molecule has 0 amide bonds. The summed E-state index contributed by atoms with van der Waals surface area (Å²) in [5.74, 6) is -0.326. The molecule has 2 aromatic heterocycles. The number of H-pyrrole nitrogens is 1. The van der Waals surface area contributed by atoms with Gasteiger partial charge in [-0.05, 0) is 37.6 Å². The van der Waals surface area contributed by atoms with Crippen molar-refractivity contribution in [3.63, 3.8) is 0 Å². The molecular formula is C13H14N2O2. The maximum atomic E-state index is 11.8. The van der Waals surface area contributed by atoms with Crippen LogP contribution in [0.5, 0.6) is 0 Å². The topological polar surface area (TPSA) is 55.0 Å². The number of esters is 1. The number of aromatic amines is 1. The van der Waals surface area contributed by atoms with Crippen molar-refractivity contribution in [2.45, 2.75) is 13.8 Å². The van der Waals surface area contributed by atoms with Gasteiger partial charge in [0.1, 0.15) is 5.69 Å². The van der Waals surface area contributed by atoms with Crippen molar-refractivity contribution in [3.8, 4) is 11.1 Å². The Bertz CT molecular complexity index is 517. The lowest BCUT2D eigenvalue weighted by Crippen LogP contribution is -2.06. The Hall–Kier alpha value is -2.10. The Morgan fingerprint density at radius 1 is 1.41 bits per heavy atom. The van der Waals surface area contributed by atoms with Gasteiger partial charge in [0.2, 0.25) is 0 Å². The molecule has 2 aromatic rings. The minimum absolute atomic E-state index is 0.326. The normalized spacial score (nSPS) is 10.2. The van der Waals surface area contributed by atoms with Crippen LogP contribution in [0.2, 0.25) is 0 Å². The van der Waals surface area contributed by atoms with Crippen molar-refractivity contribution in [1.29, 1.82) is 0 Å². The van der Waals surface area contributed by atoms with Gasteiger partial charge < -0.3 is 9.72 Å². The van der Waals surface area contributed by atoms with E-state index < -0.39 is 0 Å². The van der Waals surface area contributed by atoms with Crippen molar-refractivity contribution < 1.29 is 9.53 Å². The molecule has 0 spiro atoms. The van der Waals surface area contributed by atoms with Crippen molar-refractivity contribution in [1.82, 2.24) is 9.97 Å². The predicted octanol–water partition coefficient (Wildman–Crippen LogP) is 2.56. The number of aryl methyl sites for hydroxylation is 1. The smallest absolute Gasteiger partial charge is 0.355 e. The number of pyridine rings is 1. The Balaban J connectivity index is 2.44. The Kier molecular flexibility index (Phi) is 3.23. The lowest BCUT2D eigenvalue weighted by atomic mass is 10.1. The number of nitrogens with one attached hydrogen (secondary N) is 1. The van der Waals surface area contributed by atoms with Crippen LogP contribution >= 0.6 is 0 Å². The van der Waals surface area contributed by atoms with E-state index in [1.165, 1.54) is 0 Å². The molecular weight excluding hydrogens is 216 g/mol. The Morgan fingerprint density at radius 3 is 2.76 bits per heavy atom. The van der Waals surface area contributed by atoms with Crippen molar-refractivity contribution in [2.24, 2.45) is 0 Å². The first kappa shape index (κ1) is 11.4. The quantitative estimate of drug-likeness (QED) is 0.824. The fraction of sp³-hybridized carbons (Fsp3) is 0.231. The van der Waals surface area contributed by atoms with Crippen LogP contribution in [-0.2, 0) is 4.74 Å². The number of aromatic nitrogens is 2. The number of nitrogens with zero attached hydrogens (tertiary/aromatic N) is 1. The first-order valence-electron chi connectivity index (χ1n) is 5.49. The van der Waals surface area contributed by atoms with Crippen LogP contribution < -0.4 is 0 Å². The van der Waals surface area contributed by atoms with Crippen LogP contribution in [0.4, 0.5) is 0 Å². The van der Waals surface area contributed by atoms with Crippen LogP contribution in [0, 0.1) is 6.92 Å². The summed E-state index contributed by atoms with van der Waals surface area (Å²) in [6.45, 7) is 4.07. The highest BCUT2D eigenvalue weighted by Crippen LogP contribution is 2.24. The standard InChI is InChI=1S/C13H14N2O2/c1-3-17-13(16)12-11(8-9(2)15-12)10-4-6-14-7-5-10/h4-8,15H,3H2,1-2H3. The molecule has 2 rings (SSSR count). The van der Waals surface area contributed by atoms with Crippen molar-refractivity contribution in [2.75, 3.05) is 6.61 Å². The fourth-order valence-electron chi connectivity index (χ4n) is 1.71. The highest BCUT2D eigenvalue weighted by molar-refractivity contribution is 5.95. The van der Waals surface area contributed by atoms with Gasteiger partial charge in [0, 0.05) is 23.7 Å². The number of ether oxygens (including phenoxy) is 1. The molecule has 4 heteroatoms. The minimum Gasteiger partial charge on any atom is -0.461 e. The van der Waals surface area contributed by atoms with Crippen molar-refractivity contribution >= 4 is 5.97 Å². The summed E-state index contributed by atoms with van der Waals surface area (Å²) >= 11 is 0. The number of carbonyl (C=O) groups is 1. The third-order valence-corrected chi connectivity index (χ3v) is 2.42. The maximum Gasteiger partial charge on any atom is 0.355 e. The van der Waals surface area contributed by atoms with Crippen LogP contribution in [0.25, 0.3) is 11.1 Å². The van der Waals surface area contributed by atoms with E-state index in [4.69, 9.17) is 4.74 Å². The average Bonchev–Trinajstić information content (AvgIpc) is 2.73. The molecule has 0 radical (unpaired) electrons. The second-order valence-electron chi connectivity index (χ2n) is 3.70. The van der Waals surface area contributed by atoms with Gasteiger partial charge in [0.05, 0.1) is 6.61 Å². The molecule has 17 heavy (non-hydrogen) atoms. The molecule has 0 aromatic carbocycles. The number of carbonyl (C=O) groups excluding carboxylic acids is 1. The van der Waals surface area contributed by atoms with E-state index in [1.54, 1.807) is 19.3 Å². The monoisotopic (exact) mass is 230 g/mol. The first-order valence-corrected chi connectivity index (χ1v) is 5.49. The summed E-state index contributed by atoms with van der Waals surface area (Å²) in [5, 5.41) is 0. The molecule has 0 aliphatic rings. The van der Waals surface area contributed by atoms with E-state index in [1.807, 2.05) is 25.1 Å². The summed E-state index contributed by atoms with van der Waals surface area (Å²) in [5.41, 5.74) is 3.23. The van der Waals surface area contributed by atoms with Crippen LogP contribution in [-0.4, -0.2) is 22.5 Å². The van der Waals surface area contributed by atoms with Crippen LogP contribution in [0.1, 0.15) is 23.1 Å². The minimum atomic E-state index is -0.326. The molecule has 0 aliphatic carbocycles. The molecule has 1 N–H and O–H groups in total. The lowest BCUT2D eigenvalue weighted by Gasteiger charge is -2.03. The van der Waals surface area contributed by atoms with Gasteiger partial charge in [-0.25, -0.2) is 4.79 Å². The Morgan fingerprint density at radius 2 is 2.12 bits per heavy atom. The largest absolute Gasteiger partial charge is 0.461 e. The molecule has 0 aliphatic heterocycles. The highest BCUT2D eigenvalue weighted by Gasteiger charge is 2.16. The van der Waals surface area contributed by atoms with Gasteiger partial charge in [0.25, 0.3) is 0 Å². The predicted molar refractivity (Wildman–Crippen MR) is 64.7 cm³/mol. The van der Waals surface area contributed by atoms with Gasteiger partial charge in [-0.3, -0.25) is 4.98 Å².